The van der Waals surface area contributed by atoms with Gasteiger partial charge in [-0.2, -0.15) is 0 Å². The van der Waals surface area contributed by atoms with E-state index >= 15 is 0 Å². The molecule has 0 bridgehead atoms. The number of carbonyl (C=O) groups is 1. The van der Waals surface area contributed by atoms with Crippen LogP contribution in [0.15, 0.2) is 51.8 Å². The topological polar surface area (TPSA) is 63.7 Å². The predicted octanol–water partition coefficient (Wildman–Crippen LogP) is 3.41. The van der Waals surface area contributed by atoms with Crippen LogP contribution in [0.2, 0.25) is 5.02 Å². The van der Waals surface area contributed by atoms with Gasteiger partial charge in [0.15, 0.2) is 9.84 Å². The van der Waals surface area contributed by atoms with E-state index in [4.69, 9.17) is 16.3 Å². The zero-order chi connectivity index (χ0) is 18.2. The second-order valence-electron chi connectivity index (χ2n) is 5.68. The molecular weight excluding hydrogens is 430 g/mol. The van der Waals surface area contributed by atoms with E-state index in [2.05, 4.69) is 15.9 Å². The summed E-state index contributed by atoms with van der Waals surface area (Å²) < 4.78 is 31.0. The molecule has 1 fully saturated rings. The summed E-state index contributed by atoms with van der Waals surface area (Å²) in [4.78, 5) is 14.2. The van der Waals surface area contributed by atoms with Crippen LogP contribution in [0.4, 0.5) is 0 Å². The van der Waals surface area contributed by atoms with E-state index in [-0.39, 0.29) is 23.9 Å². The summed E-state index contributed by atoms with van der Waals surface area (Å²) in [5, 5.41) is -0.273. The Kier molecular flexibility index (Phi) is 5.09. The molecule has 1 aliphatic rings. The maximum absolute atomic E-state index is 12.6. The lowest BCUT2D eigenvalue weighted by atomic mass is 10.1. The summed E-state index contributed by atoms with van der Waals surface area (Å²) in [7, 11) is -1.97. The number of hydrogen-bond acceptors (Lipinski definition) is 4. The fraction of sp³-hybridized carbons (Fsp3) is 0.235. The van der Waals surface area contributed by atoms with E-state index in [0.717, 1.165) is 4.47 Å². The van der Waals surface area contributed by atoms with Gasteiger partial charge in [0, 0.05) is 17.6 Å². The minimum atomic E-state index is -3.49. The van der Waals surface area contributed by atoms with Crippen LogP contribution in [0.3, 0.4) is 0 Å². The van der Waals surface area contributed by atoms with Crippen LogP contribution in [0.1, 0.15) is 10.4 Å². The zero-order valence-corrected chi connectivity index (χ0v) is 16.4. The average Bonchev–Trinajstić information content (AvgIpc) is 2.55. The molecule has 0 aliphatic carbocycles. The van der Waals surface area contributed by atoms with Gasteiger partial charge >= 0.3 is 0 Å². The Labute approximate surface area is 159 Å². The fourth-order valence-electron chi connectivity index (χ4n) is 2.59. The molecule has 0 spiro atoms. The lowest BCUT2D eigenvalue weighted by molar-refractivity contribution is 0.0659. The van der Waals surface area contributed by atoms with Crippen LogP contribution >= 0.6 is 27.5 Å². The van der Waals surface area contributed by atoms with Gasteiger partial charge in [-0.25, -0.2) is 8.42 Å². The first kappa shape index (κ1) is 18.2. The quantitative estimate of drug-likeness (QED) is 0.725. The molecule has 25 heavy (non-hydrogen) atoms. The predicted molar refractivity (Wildman–Crippen MR) is 99.0 cm³/mol. The van der Waals surface area contributed by atoms with E-state index in [0.29, 0.717) is 16.3 Å². The summed E-state index contributed by atoms with van der Waals surface area (Å²) in [6, 6.07) is 11.3. The Morgan fingerprint density at radius 1 is 1.20 bits per heavy atom. The van der Waals surface area contributed by atoms with E-state index in [1.54, 1.807) is 30.3 Å². The van der Waals surface area contributed by atoms with E-state index < -0.39 is 15.1 Å². The first-order valence-electron chi connectivity index (χ1n) is 7.45. The minimum Gasteiger partial charge on any atom is -0.497 e. The molecule has 1 aliphatic heterocycles. The number of amides is 1. The molecule has 0 aromatic heterocycles. The van der Waals surface area contributed by atoms with Crippen LogP contribution < -0.4 is 4.74 Å². The third kappa shape index (κ3) is 3.54. The summed E-state index contributed by atoms with van der Waals surface area (Å²) in [6.45, 7) is 0.298. The van der Waals surface area contributed by atoms with E-state index in [1.807, 2.05) is 0 Å². The van der Waals surface area contributed by atoms with Crippen molar-refractivity contribution in [1.29, 1.82) is 0 Å². The van der Waals surface area contributed by atoms with E-state index in [9.17, 15) is 13.2 Å². The summed E-state index contributed by atoms with van der Waals surface area (Å²) in [6.07, 6.45) is 0. The Hall–Kier alpha value is -1.57. The molecule has 0 atom stereocenters. The van der Waals surface area contributed by atoms with Crippen molar-refractivity contribution >= 4 is 43.3 Å². The first-order chi connectivity index (χ1) is 11.8. The number of rotatable bonds is 4. The molecule has 3 rings (SSSR count). The number of carbonyl (C=O) groups excluding carboxylic acids is 1. The Morgan fingerprint density at radius 2 is 1.84 bits per heavy atom. The molecule has 2 aromatic rings. The maximum Gasteiger partial charge on any atom is 0.255 e. The van der Waals surface area contributed by atoms with Crippen molar-refractivity contribution in [3.05, 3.63) is 57.5 Å². The molecule has 2 aromatic carbocycles. The molecule has 0 radical (unpaired) electrons. The minimum absolute atomic E-state index is 0.149. The molecule has 132 valence electrons. The van der Waals surface area contributed by atoms with Gasteiger partial charge in [-0.15, -0.1) is 0 Å². The van der Waals surface area contributed by atoms with Crippen LogP contribution in [-0.2, 0) is 9.84 Å². The van der Waals surface area contributed by atoms with E-state index in [1.165, 1.54) is 24.1 Å². The zero-order valence-electron chi connectivity index (χ0n) is 13.3. The third-order valence-corrected chi connectivity index (χ3v) is 7.05. The Balaban J connectivity index is 1.72. The highest BCUT2D eigenvalue weighted by Crippen LogP contribution is 2.29. The van der Waals surface area contributed by atoms with Crippen LogP contribution in [0.25, 0.3) is 0 Å². The van der Waals surface area contributed by atoms with Crippen LogP contribution in [-0.4, -0.2) is 44.7 Å². The summed E-state index contributed by atoms with van der Waals surface area (Å²) in [5.41, 5.74) is 0.358. The van der Waals surface area contributed by atoms with Gasteiger partial charge in [0.1, 0.15) is 11.0 Å². The molecule has 0 unspecified atom stereocenters. The molecule has 0 saturated carbocycles. The normalized spacial score (nSPS) is 14.9. The van der Waals surface area contributed by atoms with Gasteiger partial charge in [-0.1, -0.05) is 27.5 Å². The van der Waals surface area contributed by atoms with Gasteiger partial charge < -0.3 is 9.64 Å². The molecule has 1 heterocycles. The van der Waals surface area contributed by atoms with Gasteiger partial charge in [-0.3, -0.25) is 4.79 Å². The van der Waals surface area contributed by atoms with Crippen LogP contribution in [0, 0.1) is 0 Å². The molecule has 0 N–H and O–H groups in total. The average molecular weight is 445 g/mol. The SMILES string of the molecule is COc1ccc(S(=O)(=O)C2CN(C(=O)c3cc(Br)ccc3Cl)C2)cc1. The van der Waals surface area contributed by atoms with Crippen LogP contribution in [0.5, 0.6) is 5.75 Å². The number of ether oxygens (including phenoxy) is 1. The molecule has 8 heteroatoms. The van der Waals surface area contributed by atoms with Crippen molar-refractivity contribution in [3.8, 4) is 5.75 Å². The number of nitrogens with zero attached hydrogens (tertiary/aromatic N) is 1. The second kappa shape index (κ2) is 6.97. The van der Waals surface area contributed by atoms with Crippen molar-refractivity contribution in [2.45, 2.75) is 10.1 Å². The van der Waals surface area contributed by atoms with Gasteiger partial charge in [0.25, 0.3) is 5.91 Å². The van der Waals surface area contributed by atoms with Crippen molar-refractivity contribution in [2.75, 3.05) is 20.2 Å². The number of hydrogen-bond donors (Lipinski definition) is 0. The van der Waals surface area contributed by atoms with Crippen molar-refractivity contribution < 1.29 is 17.9 Å². The maximum atomic E-state index is 12.6. The smallest absolute Gasteiger partial charge is 0.255 e. The van der Waals surface area contributed by atoms with Gasteiger partial charge in [0.05, 0.1) is 22.6 Å². The van der Waals surface area contributed by atoms with Crippen molar-refractivity contribution in [3.63, 3.8) is 0 Å². The van der Waals surface area contributed by atoms with Crippen molar-refractivity contribution in [2.24, 2.45) is 0 Å². The molecule has 1 amide bonds. The fourth-order valence-corrected chi connectivity index (χ4v) is 4.80. The van der Waals surface area contributed by atoms with Crippen molar-refractivity contribution in [1.82, 2.24) is 4.90 Å². The summed E-state index contributed by atoms with van der Waals surface area (Å²) >= 11 is 9.37. The highest BCUT2D eigenvalue weighted by molar-refractivity contribution is 9.10. The first-order valence-corrected chi connectivity index (χ1v) is 10.2. The molecular formula is C17H15BrClNO4S. The largest absolute Gasteiger partial charge is 0.497 e. The molecule has 5 nitrogen and oxygen atoms in total. The second-order valence-corrected chi connectivity index (χ2v) is 9.23. The highest BCUT2D eigenvalue weighted by atomic mass is 79.9. The standard InChI is InChI=1S/C17H15BrClNO4S/c1-24-12-3-5-13(6-4-12)25(22,23)14-9-20(10-14)17(21)15-8-11(18)2-7-16(15)19/h2-8,14H,9-10H2,1H3. The number of halogens is 2. The summed E-state index contributed by atoms with van der Waals surface area (Å²) in [5.74, 6) is 0.321. The monoisotopic (exact) mass is 443 g/mol. The number of benzene rings is 2. The third-order valence-electron chi connectivity index (χ3n) is 4.12. The lowest BCUT2D eigenvalue weighted by Crippen LogP contribution is -2.56. The lowest BCUT2D eigenvalue weighted by Gasteiger charge is -2.38. The Bertz CT molecular complexity index is 909. The Morgan fingerprint density at radius 3 is 2.44 bits per heavy atom. The molecule has 1 saturated heterocycles. The van der Waals surface area contributed by atoms with Gasteiger partial charge in [-0.05, 0) is 42.5 Å². The number of methoxy groups -OCH3 is 1. The van der Waals surface area contributed by atoms with Gasteiger partial charge in [0.2, 0.25) is 0 Å². The number of sulfone groups is 1. The highest BCUT2D eigenvalue weighted by Gasteiger charge is 2.41. The number of likely N-dealkylation sites (tertiary alicyclic amines) is 1.